The van der Waals surface area contributed by atoms with Crippen LogP contribution in [0.1, 0.15) is 55.6 Å². The zero-order chi connectivity index (χ0) is 23.6. The fourth-order valence-corrected chi connectivity index (χ4v) is 7.71. The van der Waals surface area contributed by atoms with Gasteiger partial charge in [0.1, 0.15) is 6.07 Å². The fourth-order valence-electron chi connectivity index (χ4n) is 7.71. The summed E-state index contributed by atoms with van der Waals surface area (Å²) in [6, 6.07) is 20.9. The quantitative estimate of drug-likeness (QED) is 0.337. The molecule has 0 atom stereocenters. The molecule has 4 aliphatic rings. The number of benzene rings is 2. The zero-order valence-electron chi connectivity index (χ0n) is 20.1. The number of allylic oxidation sites excluding steroid dienone is 1. The lowest BCUT2D eigenvalue weighted by Crippen LogP contribution is -2.49. The summed E-state index contributed by atoms with van der Waals surface area (Å²) in [5.74, 6) is 3.19. The third-order valence-electron chi connectivity index (χ3n) is 8.75. The minimum atomic E-state index is 0.132. The van der Waals surface area contributed by atoms with Gasteiger partial charge in [-0.15, -0.1) is 0 Å². The molecular formula is C30H29N5. The van der Waals surface area contributed by atoms with E-state index in [1.54, 1.807) is 0 Å². The third kappa shape index (κ3) is 3.27. The van der Waals surface area contributed by atoms with Crippen molar-refractivity contribution in [2.24, 2.45) is 24.8 Å². The zero-order valence-corrected chi connectivity index (χ0v) is 20.1. The van der Waals surface area contributed by atoms with Crippen molar-refractivity contribution in [3.8, 4) is 11.8 Å². The number of aromatic nitrogens is 4. The van der Waals surface area contributed by atoms with Gasteiger partial charge in [0.2, 0.25) is 0 Å². The fraction of sp³-hybridized carbons (Fsp3) is 0.367. The molecule has 5 nitrogen and oxygen atoms in total. The van der Waals surface area contributed by atoms with E-state index < -0.39 is 0 Å². The van der Waals surface area contributed by atoms with Crippen LogP contribution in [0.3, 0.4) is 0 Å². The van der Waals surface area contributed by atoms with Crippen molar-refractivity contribution < 1.29 is 0 Å². The Morgan fingerprint density at radius 3 is 2.29 bits per heavy atom. The van der Waals surface area contributed by atoms with E-state index in [1.807, 2.05) is 46.6 Å². The predicted molar refractivity (Wildman–Crippen MR) is 138 cm³/mol. The molecule has 0 saturated heterocycles. The van der Waals surface area contributed by atoms with Crippen molar-refractivity contribution in [2.45, 2.75) is 43.9 Å². The van der Waals surface area contributed by atoms with Gasteiger partial charge in [-0.3, -0.25) is 0 Å². The van der Waals surface area contributed by atoms with Crippen LogP contribution in [0.5, 0.6) is 0 Å². The Kier molecular flexibility index (Phi) is 4.54. The normalized spacial score (nSPS) is 27.4. The number of imidazole rings is 1. The summed E-state index contributed by atoms with van der Waals surface area (Å²) in [7, 11) is 1.99. The molecule has 0 unspecified atom stereocenters. The predicted octanol–water partition coefficient (Wildman–Crippen LogP) is 6.29. The Morgan fingerprint density at radius 1 is 0.971 bits per heavy atom. The first-order valence-corrected chi connectivity index (χ1v) is 12.8. The minimum absolute atomic E-state index is 0.132. The SMILES string of the molecule is Cn1c(/C(C#N)=C\c2cn(-c3ccccc3)nc2C23CC4CC(CC(C4)C2)C3)nc2ccccc21. The van der Waals surface area contributed by atoms with Gasteiger partial charge in [0.25, 0.3) is 0 Å². The number of rotatable bonds is 4. The Hall–Kier alpha value is -3.65. The molecule has 4 aromatic rings. The van der Waals surface area contributed by atoms with Crippen LogP contribution in [0.2, 0.25) is 0 Å². The first-order valence-electron chi connectivity index (χ1n) is 12.8. The van der Waals surface area contributed by atoms with Crippen LogP contribution in [0.4, 0.5) is 0 Å². The van der Waals surface area contributed by atoms with E-state index in [-0.39, 0.29) is 5.41 Å². The summed E-state index contributed by atoms with van der Waals surface area (Å²) in [6.45, 7) is 0. The number of para-hydroxylation sites is 3. The highest BCUT2D eigenvalue weighted by molar-refractivity contribution is 5.91. The molecule has 2 aromatic carbocycles. The number of aryl methyl sites for hydroxylation is 1. The molecule has 2 heterocycles. The molecule has 0 spiro atoms. The summed E-state index contributed by atoms with van der Waals surface area (Å²) in [5, 5.41) is 15.5. The Morgan fingerprint density at radius 2 is 1.63 bits per heavy atom. The van der Waals surface area contributed by atoms with E-state index in [1.165, 1.54) is 44.2 Å². The largest absolute Gasteiger partial charge is 0.327 e. The summed E-state index contributed by atoms with van der Waals surface area (Å²) < 4.78 is 4.04. The lowest BCUT2D eigenvalue weighted by Gasteiger charge is -2.56. The molecular weight excluding hydrogens is 430 g/mol. The van der Waals surface area contributed by atoms with Crippen LogP contribution in [-0.2, 0) is 12.5 Å². The average Bonchev–Trinajstić information content (AvgIpc) is 3.44. The highest BCUT2D eigenvalue weighted by atomic mass is 15.3. The van der Waals surface area contributed by atoms with Crippen LogP contribution in [-0.4, -0.2) is 19.3 Å². The lowest BCUT2D eigenvalue weighted by atomic mass is 9.48. The number of nitriles is 1. The van der Waals surface area contributed by atoms with Crippen LogP contribution >= 0.6 is 0 Å². The Labute approximate surface area is 205 Å². The van der Waals surface area contributed by atoms with E-state index in [0.29, 0.717) is 11.4 Å². The number of hydrogen-bond acceptors (Lipinski definition) is 3. The third-order valence-corrected chi connectivity index (χ3v) is 8.75. The lowest BCUT2D eigenvalue weighted by molar-refractivity contribution is -0.00742. The molecule has 0 amide bonds. The summed E-state index contributed by atoms with van der Waals surface area (Å²) in [6.07, 6.45) is 12.1. The molecule has 4 bridgehead atoms. The molecule has 4 saturated carbocycles. The van der Waals surface area contributed by atoms with Crippen LogP contribution in [0.15, 0.2) is 60.8 Å². The van der Waals surface area contributed by atoms with Gasteiger partial charge in [-0.05, 0) is 86.6 Å². The molecule has 8 rings (SSSR count). The second-order valence-corrected chi connectivity index (χ2v) is 11.1. The van der Waals surface area contributed by atoms with Crippen LogP contribution in [0, 0.1) is 29.1 Å². The van der Waals surface area contributed by atoms with Crippen molar-refractivity contribution in [3.63, 3.8) is 0 Å². The molecule has 0 aliphatic heterocycles. The van der Waals surface area contributed by atoms with Crippen molar-refractivity contribution in [2.75, 3.05) is 0 Å². The highest BCUT2D eigenvalue weighted by Crippen LogP contribution is 2.61. The number of hydrogen-bond donors (Lipinski definition) is 0. The first kappa shape index (κ1) is 20.7. The monoisotopic (exact) mass is 459 g/mol. The second-order valence-electron chi connectivity index (χ2n) is 11.1. The van der Waals surface area contributed by atoms with E-state index in [2.05, 4.69) is 42.6 Å². The maximum atomic E-state index is 10.2. The van der Waals surface area contributed by atoms with Crippen molar-refractivity contribution in [1.29, 1.82) is 5.26 Å². The molecule has 5 heteroatoms. The standard InChI is InChI=1S/C30H29N5/c1-34-27-10-6-5-9-26(27)32-29(34)23(18-31)14-24-19-35(25-7-3-2-4-8-25)33-28(24)30-15-20-11-21(16-30)13-22(12-20)17-30/h2-10,14,19-22H,11-13,15-17H2,1H3/b23-14-. The molecule has 4 fully saturated rings. The van der Waals surface area contributed by atoms with Crippen LogP contribution < -0.4 is 0 Å². The minimum Gasteiger partial charge on any atom is -0.327 e. The number of nitrogens with zero attached hydrogens (tertiary/aromatic N) is 5. The molecule has 4 aliphatic carbocycles. The van der Waals surface area contributed by atoms with Gasteiger partial charge in [0.05, 0.1) is 28.0 Å². The molecule has 2 aromatic heterocycles. The van der Waals surface area contributed by atoms with Gasteiger partial charge in [-0.25, -0.2) is 9.67 Å². The smallest absolute Gasteiger partial charge is 0.151 e. The van der Waals surface area contributed by atoms with Gasteiger partial charge < -0.3 is 4.57 Å². The average molecular weight is 460 g/mol. The van der Waals surface area contributed by atoms with Crippen LogP contribution in [0.25, 0.3) is 28.4 Å². The highest BCUT2D eigenvalue weighted by Gasteiger charge is 2.53. The maximum absolute atomic E-state index is 10.2. The van der Waals surface area contributed by atoms with Gasteiger partial charge in [0.15, 0.2) is 5.82 Å². The van der Waals surface area contributed by atoms with Gasteiger partial charge in [0, 0.05) is 24.2 Å². The Balaban J connectivity index is 1.40. The summed E-state index contributed by atoms with van der Waals surface area (Å²) in [5.41, 5.74) is 5.97. The summed E-state index contributed by atoms with van der Waals surface area (Å²) >= 11 is 0. The topological polar surface area (TPSA) is 59.4 Å². The Bertz CT molecular complexity index is 1460. The molecule has 35 heavy (non-hydrogen) atoms. The molecule has 174 valence electrons. The first-order chi connectivity index (χ1) is 17.1. The van der Waals surface area contributed by atoms with E-state index >= 15 is 0 Å². The number of fused-ring (bicyclic) bond motifs is 1. The van der Waals surface area contributed by atoms with Gasteiger partial charge in [-0.1, -0.05) is 30.3 Å². The van der Waals surface area contributed by atoms with Gasteiger partial charge in [-0.2, -0.15) is 10.4 Å². The van der Waals surface area contributed by atoms with Crippen molar-refractivity contribution in [1.82, 2.24) is 19.3 Å². The van der Waals surface area contributed by atoms with Gasteiger partial charge >= 0.3 is 0 Å². The summed E-state index contributed by atoms with van der Waals surface area (Å²) in [4.78, 5) is 4.81. The van der Waals surface area contributed by atoms with E-state index in [4.69, 9.17) is 10.1 Å². The second kappa shape index (κ2) is 7.68. The van der Waals surface area contributed by atoms with Crippen molar-refractivity contribution >= 4 is 22.7 Å². The molecule has 0 N–H and O–H groups in total. The maximum Gasteiger partial charge on any atom is 0.151 e. The molecule has 0 radical (unpaired) electrons. The van der Waals surface area contributed by atoms with E-state index in [9.17, 15) is 5.26 Å². The van der Waals surface area contributed by atoms with E-state index in [0.717, 1.165) is 40.0 Å². The van der Waals surface area contributed by atoms with Crippen molar-refractivity contribution in [3.05, 3.63) is 77.9 Å².